The molecule has 60 heavy (non-hydrogen) atoms. The molecular weight excluding hydrogens is 759 g/mol. The van der Waals surface area contributed by atoms with E-state index in [-0.39, 0.29) is 23.7 Å². The van der Waals surface area contributed by atoms with Gasteiger partial charge in [-0.2, -0.15) is 0 Å². The monoisotopic (exact) mass is 808 g/mol. The van der Waals surface area contributed by atoms with Crippen LogP contribution in [0.3, 0.4) is 0 Å². The van der Waals surface area contributed by atoms with E-state index >= 15 is 0 Å². The van der Waals surface area contributed by atoms with Crippen LogP contribution >= 0.6 is 0 Å². The average Bonchev–Trinajstić information content (AvgIpc) is 3.96. The topological polar surface area (TPSA) is 182 Å². The fourth-order valence-electron chi connectivity index (χ4n) is 9.34. The summed E-state index contributed by atoms with van der Waals surface area (Å²) in [5.41, 5.74) is 17.2. The summed E-state index contributed by atoms with van der Waals surface area (Å²) >= 11 is 0. The maximum absolute atomic E-state index is 13.9. The number of piperidine rings is 2. The second kappa shape index (κ2) is 15.9. The number of hydrogen-bond acceptors (Lipinski definition) is 9. The van der Waals surface area contributed by atoms with Crippen molar-refractivity contribution in [2.75, 3.05) is 38.1 Å². The molecule has 4 aliphatic rings. The van der Waals surface area contributed by atoms with E-state index in [0.29, 0.717) is 85.1 Å². The molecule has 5 heterocycles. The highest BCUT2D eigenvalue weighted by Gasteiger charge is 2.52. The van der Waals surface area contributed by atoms with Crippen molar-refractivity contribution in [2.45, 2.75) is 69.1 Å². The van der Waals surface area contributed by atoms with E-state index < -0.39 is 24.6 Å². The number of H-pyrrole nitrogens is 1. The number of amides is 3. The van der Waals surface area contributed by atoms with E-state index in [2.05, 4.69) is 28.5 Å². The Labute approximate surface area is 348 Å². The Morgan fingerprint density at radius 2 is 1.58 bits per heavy atom. The van der Waals surface area contributed by atoms with Gasteiger partial charge >= 0.3 is 13.1 Å². The molecule has 3 saturated heterocycles. The lowest BCUT2D eigenvalue weighted by Crippen LogP contribution is -2.46. The lowest BCUT2D eigenvalue weighted by Gasteiger charge is -2.38. The molecule has 4 aromatic carbocycles. The normalized spacial score (nSPS) is 20.0. The van der Waals surface area contributed by atoms with Crippen molar-refractivity contribution in [1.29, 1.82) is 0 Å². The maximum atomic E-state index is 13.9. The molecule has 0 saturated carbocycles. The van der Waals surface area contributed by atoms with Crippen LogP contribution in [0.5, 0.6) is 5.75 Å². The Morgan fingerprint density at radius 3 is 2.37 bits per heavy atom. The zero-order valence-corrected chi connectivity index (χ0v) is 33.7. The fourth-order valence-corrected chi connectivity index (χ4v) is 9.34. The van der Waals surface area contributed by atoms with Crippen molar-refractivity contribution >= 4 is 52.9 Å². The Hall–Kier alpha value is -5.96. The molecule has 0 bridgehead atoms. The van der Waals surface area contributed by atoms with Crippen molar-refractivity contribution in [3.8, 4) is 5.75 Å². The average molecular weight is 809 g/mol. The summed E-state index contributed by atoms with van der Waals surface area (Å²) < 4.78 is 18.0. The summed E-state index contributed by atoms with van der Waals surface area (Å²) in [5, 5.41) is 3.52. The number of benzene rings is 4. The van der Waals surface area contributed by atoms with E-state index in [1.807, 2.05) is 40.1 Å². The third-order valence-electron chi connectivity index (χ3n) is 12.9. The standard InChI is InChI=1S/C46H49BN6O7/c1-45(25-41(54)50-34-8-3-7-33(23-34)42(55)52-17-13-31(14-18-52)32-6-2-5-29(21-32)26-48)44(57)59-47(60-45)37-9-4-10-38-35(37)24-39(51-38)43(56)53-19-15-46(16-20-53)28-58-40-12-11-30(27-49)22-36(40)46/h2-12,21-24,31,51H,13-20,25-28,48-49H2,1H3,(H,50,54)/t45-/m0/s1. The number of hydrogen-bond donors (Lipinski definition) is 4. The molecule has 9 rings (SSSR count). The number of fused-ring (bicyclic) bond motifs is 3. The van der Waals surface area contributed by atoms with Gasteiger partial charge in [0.15, 0.2) is 5.60 Å². The Kier molecular flexibility index (Phi) is 10.5. The number of anilines is 1. The minimum Gasteiger partial charge on any atom is -0.504 e. The second-order valence-corrected chi connectivity index (χ2v) is 16.8. The molecule has 13 nitrogen and oxygen atoms in total. The van der Waals surface area contributed by atoms with E-state index in [0.717, 1.165) is 42.6 Å². The molecule has 1 atom stereocenters. The third-order valence-corrected chi connectivity index (χ3v) is 12.9. The van der Waals surface area contributed by atoms with Crippen molar-refractivity contribution in [3.05, 3.63) is 125 Å². The van der Waals surface area contributed by atoms with Crippen LogP contribution in [0.25, 0.3) is 10.9 Å². The van der Waals surface area contributed by atoms with Crippen LogP contribution in [0.4, 0.5) is 5.69 Å². The second-order valence-electron chi connectivity index (χ2n) is 16.8. The first kappa shape index (κ1) is 39.5. The number of carbonyl (C=O) groups is 4. The summed E-state index contributed by atoms with van der Waals surface area (Å²) in [6.07, 6.45) is 2.95. The largest absolute Gasteiger partial charge is 0.566 e. The molecule has 3 amide bonds. The Morgan fingerprint density at radius 1 is 0.850 bits per heavy atom. The molecule has 14 heteroatoms. The number of ether oxygens (including phenoxy) is 1. The smallest absolute Gasteiger partial charge is 0.504 e. The van der Waals surface area contributed by atoms with Crippen molar-refractivity contribution in [3.63, 3.8) is 0 Å². The first-order chi connectivity index (χ1) is 29.0. The summed E-state index contributed by atoms with van der Waals surface area (Å²) in [4.78, 5) is 61.1. The van der Waals surface area contributed by atoms with Gasteiger partial charge in [-0.1, -0.05) is 54.6 Å². The van der Waals surface area contributed by atoms with Gasteiger partial charge in [0.25, 0.3) is 11.8 Å². The summed E-state index contributed by atoms with van der Waals surface area (Å²) in [7, 11) is -1.09. The first-order valence-electron chi connectivity index (χ1n) is 20.8. The van der Waals surface area contributed by atoms with Crippen LogP contribution in [0.1, 0.15) is 88.0 Å². The van der Waals surface area contributed by atoms with Crippen molar-refractivity contribution in [2.24, 2.45) is 11.5 Å². The van der Waals surface area contributed by atoms with Crippen molar-refractivity contribution < 1.29 is 33.2 Å². The first-order valence-corrected chi connectivity index (χ1v) is 20.8. The molecule has 0 unspecified atom stereocenters. The van der Waals surface area contributed by atoms with Gasteiger partial charge in [-0.25, -0.2) is 0 Å². The van der Waals surface area contributed by atoms with E-state index in [9.17, 15) is 19.2 Å². The molecule has 1 aromatic heterocycles. The SMILES string of the molecule is C[C@@]1(CC(=O)Nc2cccc(C(=O)N3CCC(c4cccc(CN)c4)CC3)c2)OB(c2cccc3[nH]c(C(=O)N4CCC5(CC4)COc4ccc(CN)cc45)cc23)OC1=O. The van der Waals surface area contributed by atoms with Gasteiger partial charge in [-0.05, 0) is 91.6 Å². The van der Waals surface area contributed by atoms with Crippen LogP contribution < -0.4 is 27.0 Å². The zero-order chi connectivity index (χ0) is 41.6. The molecule has 0 radical (unpaired) electrons. The number of nitrogens with two attached hydrogens (primary N) is 2. The minimum atomic E-state index is -1.58. The molecule has 1 spiro atoms. The van der Waals surface area contributed by atoms with Crippen LogP contribution in [0, 0.1) is 0 Å². The zero-order valence-electron chi connectivity index (χ0n) is 33.7. The summed E-state index contributed by atoms with van der Waals surface area (Å²) in [5.74, 6) is -0.0961. The van der Waals surface area contributed by atoms with Crippen LogP contribution in [0.15, 0.2) is 91.0 Å². The van der Waals surface area contributed by atoms with Gasteiger partial charge in [0.2, 0.25) is 5.91 Å². The predicted octanol–water partition coefficient (Wildman–Crippen LogP) is 4.73. The molecule has 6 N–H and O–H groups in total. The predicted molar refractivity (Wildman–Crippen MR) is 228 cm³/mol. The number of rotatable bonds is 9. The number of aromatic amines is 1. The van der Waals surface area contributed by atoms with Gasteiger partial charge < -0.3 is 45.6 Å². The molecule has 5 aromatic rings. The van der Waals surface area contributed by atoms with E-state index in [1.165, 1.54) is 18.1 Å². The Balaban J connectivity index is 0.816. The molecule has 4 aliphatic heterocycles. The lowest BCUT2D eigenvalue weighted by molar-refractivity contribution is -0.144. The van der Waals surface area contributed by atoms with Crippen molar-refractivity contribution in [1.82, 2.24) is 14.8 Å². The number of aromatic nitrogens is 1. The van der Waals surface area contributed by atoms with E-state index in [1.54, 1.807) is 42.5 Å². The van der Waals surface area contributed by atoms with Crippen LogP contribution in [-0.4, -0.2) is 84.0 Å². The number of likely N-dealkylation sites (tertiary alicyclic amines) is 2. The fraction of sp³-hybridized carbons (Fsp3) is 0.348. The molecule has 308 valence electrons. The van der Waals surface area contributed by atoms with Gasteiger partial charge in [0, 0.05) is 77.9 Å². The lowest BCUT2D eigenvalue weighted by atomic mass is 9.74. The van der Waals surface area contributed by atoms with Crippen LogP contribution in [0.2, 0.25) is 0 Å². The maximum Gasteiger partial charge on any atom is 0.566 e. The van der Waals surface area contributed by atoms with Gasteiger partial charge in [-0.15, -0.1) is 0 Å². The highest BCUT2D eigenvalue weighted by atomic mass is 16.7. The van der Waals surface area contributed by atoms with Gasteiger partial charge in [0.05, 0.1) is 13.0 Å². The number of nitrogens with zero attached hydrogens (tertiary/aromatic N) is 2. The van der Waals surface area contributed by atoms with E-state index in [4.69, 9.17) is 25.5 Å². The molecular formula is C46H49BN6O7. The van der Waals surface area contributed by atoms with Gasteiger partial charge in [0.1, 0.15) is 11.4 Å². The summed E-state index contributed by atoms with van der Waals surface area (Å²) in [6.45, 7) is 5.49. The number of carbonyl (C=O) groups excluding carboxylic acids is 4. The third kappa shape index (κ3) is 7.44. The highest BCUT2D eigenvalue weighted by Crippen LogP contribution is 2.46. The molecule has 0 aliphatic carbocycles. The number of nitrogens with one attached hydrogen (secondary N) is 2. The Bertz CT molecular complexity index is 2490. The molecule has 3 fully saturated rings. The summed E-state index contributed by atoms with van der Waals surface area (Å²) in [6, 6.07) is 28.5. The van der Waals surface area contributed by atoms with Gasteiger partial charge in [-0.3, -0.25) is 19.2 Å². The minimum absolute atomic E-state index is 0.0992. The highest BCUT2D eigenvalue weighted by molar-refractivity contribution is 6.67. The van der Waals surface area contributed by atoms with Crippen LogP contribution in [-0.2, 0) is 37.4 Å². The quantitative estimate of drug-likeness (QED) is 0.153.